The van der Waals surface area contributed by atoms with Gasteiger partial charge in [0.2, 0.25) is 0 Å². The maximum Gasteiger partial charge on any atom is 0.146 e. The Kier molecular flexibility index (Phi) is 4.00. The summed E-state index contributed by atoms with van der Waals surface area (Å²) in [6.07, 6.45) is 2.63. The maximum atomic E-state index is 13.8. The van der Waals surface area contributed by atoms with Crippen molar-refractivity contribution in [2.45, 2.75) is 33.1 Å². The molecule has 1 aliphatic heterocycles. The van der Waals surface area contributed by atoms with E-state index in [1.807, 2.05) is 19.1 Å². The van der Waals surface area contributed by atoms with Gasteiger partial charge in [0.15, 0.2) is 0 Å². The molecule has 1 aliphatic rings. The van der Waals surface area contributed by atoms with Crippen molar-refractivity contribution in [1.82, 2.24) is 0 Å². The molecule has 2 nitrogen and oxygen atoms in total. The zero-order valence-corrected chi connectivity index (χ0v) is 11.1. The summed E-state index contributed by atoms with van der Waals surface area (Å²) in [4.78, 5) is 13.2. The second-order valence-electron chi connectivity index (χ2n) is 5.29. The van der Waals surface area contributed by atoms with Crippen molar-refractivity contribution in [2.75, 3.05) is 18.0 Å². The number of anilines is 1. The zero-order valence-electron chi connectivity index (χ0n) is 11.1. The van der Waals surface area contributed by atoms with Gasteiger partial charge in [-0.1, -0.05) is 6.07 Å². The fraction of sp³-hybridized carbons (Fsp3) is 0.533. The molecule has 0 amide bonds. The van der Waals surface area contributed by atoms with Crippen molar-refractivity contribution < 1.29 is 9.18 Å². The molecule has 1 heterocycles. The summed E-state index contributed by atoms with van der Waals surface area (Å²) in [7, 11) is 0. The van der Waals surface area contributed by atoms with Crippen molar-refractivity contribution in [2.24, 2.45) is 5.92 Å². The molecule has 0 atom stereocenters. The van der Waals surface area contributed by atoms with Crippen LogP contribution in [-0.2, 0) is 4.79 Å². The number of nitrogens with zero attached hydrogens (tertiary/aromatic N) is 1. The first-order chi connectivity index (χ1) is 8.56. The highest BCUT2D eigenvalue weighted by atomic mass is 19.1. The van der Waals surface area contributed by atoms with Gasteiger partial charge < -0.3 is 9.69 Å². The molecule has 2 rings (SSSR count). The number of benzene rings is 1. The average molecular weight is 249 g/mol. The van der Waals surface area contributed by atoms with Gasteiger partial charge in [-0.2, -0.15) is 0 Å². The summed E-state index contributed by atoms with van der Waals surface area (Å²) in [5.74, 6) is 0.599. The van der Waals surface area contributed by atoms with Crippen LogP contribution in [0.2, 0.25) is 0 Å². The van der Waals surface area contributed by atoms with Gasteiger partial charge in [0.25, 0.3) is 0 Å². The van der Waals surface area contributed by atoms with E-state index in [2.05, 4.69) is 4.90 Å². The number of hydrogen-bond acceptors (Lipinski definition) is 2. The predicted molar refractivity (Wildman–Crippen MR) is 71.4 cm³/mol. The van der Waals surface area contributed by atoms with Gasteiger partial charge in [0, 0.05) is 19.5 Å². The van der Waals surface area contributed by atoms with E-state index in [4.69, 9.17) is 0 Å². The number of carbonyl (C=O) groups excluding carboxylic acids is 1. The Balaban J connectivity index is 1.99. The Bertz CT molecular complexity index is 436. The number of hydrogen-bond donors (Lipinski definition) is 0. The molecule has 0 aromatic heterocycles. The van der Waals surface area contributed by atoms with Crippen LogP contribution in [0.4, 0.5) is 10.1 Å². The molecule has 0 saturated carbocycles. The first-order valence-electron chi connectivity index (χ1n) is 6.57. The fourth-order valence-corrected chi connectivity index (χ4v) is 2.65. The molecule has 1 saturated heterocycles. The van der Waals surface area contributed by atoms with Crippen LogP contribution in [0.15, 0.2) is 18.2 Å². The van der Waals surface area contributed by atoms with E-state index in [1.54, 1.807) is 13.0 Å². The molecule has 1 aromatic carbocycles. The molecule has 0 aliphatic carbocycles. The van der Waals surface area contributed by atoms with Crippen molar-refractivity contribution in [3.05, 3.63) is 29.6 Å². The molecule has 3 heteroatoms. The smallest absolute Gasteiger partial charge is 0.146 e. The van der Waals surface area contributed by atoms with E-state index in [1.165, 1.54) is 0 Å². The predicted octanol–water partition coefficient (Wildman–Crippen LogP) is 3.33. The molecule has 0 spiro atoms. The number of rotatable bonds is 3. The SMILES string of the molecule is CC(=O)CC1CCN(c2ccc(C)cc2F)CC1. The lowest BCUT2D eigenvalue weighted by atomic mass is 9.92. The van der Waals surface area contributed by atoms with E-state index in [9.17, 15) is 9.18 Å². The summed E-state index contributed by atoms with van der Waals surface area (Å²) < 4.78 is 13.8. The largest absolute Gasteiger partial charge is 0.369 e. The van der Waals surface area contributed by atoms with Crippen LogP contribution in [-0.4, -0.2) is 18.9 Å². The number of Topliss-reactive ketones (excluding diaryl/α,β-unsaturated/α-hetero) is 1. The number of aryl methyl sites for hydroxylation is 1. The lowest BCUT2D eigenvalue weighted by Crippen LogP contribution is -2.34. The topological polar surface area (TPSA) is 20.3 Å². The van der Waals surface area contributed by atoms with E-state index in [0.717, 1.165) is 31.5 Å². The minimum Gasteiger partial charge on any atom is -0.369 e. The Morgan fingerprint density at radius 3 is 2.61 bits per heavy atom. The third kappa shape index (κ3) is 3.09. The number of carbonyl (C=O) groups is 1. The van der Waals surface area contributed by atoms with Crippen molar-refractivity contribution >= 4 is 11.5 Å². The number of piperidine rings is 1. The lowest BCUT2D eigenvalue weighted by Gasteiger charge is -2.33. The standard InChI is InChI=1S/C15H20FNO/c1-11-3-4-15(14(16)9-11)17-7-5-13(6-8-17)10-12(2)18/h3-4,9,13H,5-8,10H2,1-2H3. The molecular formula is C15H20FNO. The Hall–Kier alpha value is -1.38. The van der Waals surface area contributed by atoms with Gasteiger partial charge >= 0.3 is 0 Å². The summed E-state index contributed by atoms with van der Waals surface area (Å²) in [5.41, 5.74) is 1.64. The third-order valence-electron chi connectivity index (χ3n) is 3.63. The van der Waals surface area contributed by atoms with E-state index in [0.29, 0.717) is 18.0 Å². The van der Waals surface area contributed by atoms with Crippen LogP contribution in [0.5, 0.6) is 0 Å². The molecule has 0 bridgehead atoms. The first kappa shape index (κ1) is 13.1. The first-order valence-corrected chi connectivity index (χ1v) is 6.57. The normalized spacial score (nSPS) is 16.9. The molecule has 98 valence electrons. The van der Waals surface area contributed by atoms with E-state index < -0.39 is 0 Å². The highest BCUT2D eigenvalue weighted by molar-refractivity contribution is 5.75. The van der Waals surface area contributed by atoms with Crippen LogP contribution in [0.3, 0.4) is 0 Å². The Morgan fingerprint density at radius 1 is 1.39 bits per heavy atom. The van der Waals surface area contributed by atoms with Crippen LogP contribution in [0.1, 0.15) is 31.7 Å². The summed E-state index contributed by atoms with van der Waals surface area (Å²) >= 11 is 0. The number of halogens is 1. The second kappa shape index (κ2) is 5.51. The summed E-state index contributed by atoms with van der Waals surface area (Å²) in [5, 5.41) is 0. The van der Waals surface area contributed by atoms with Gasteiger partial charge in [0.1, 0.15) is 11.6 Å². The Labute approximate surface area is 108 Å². The van der Waals surface area contributed by atoms with Crippen LogP contribution < -0.4 is 4.90 Å². The van der Waals surface area contributed by atoms with Gasteiger partial charge in [0.05, 0.1) is 5.69 Å². The van der Waals surface area contributed by atoms with Gasteiger partial charge in [-0.15, -0.1) is 0 Å². The monoisotopic (exact) mass is 249 g/mol. The Morgan fingerprint density at radius 2 is 2.06 bits per heavy atom. The van der Waals surface area contributed by atoms with Gasteiger partial charge in [-0.25, -0.2) is 4.39 Å². The quantitative estimate of drug-likeness (QED) is 0.819. The minimum absolute atomic E-state index is 0.139. The van der Waals surface area contributed by atoms with Crippen LogP contribution >= 0.6 is 0 Å². The van der Waals surface area contributed by atoms with E-state index >= 15 is 0 Å². The third-order valence-corrected chi connectivity index (χ3v) is 3.63. The average Bonchev–Trinajstić information content (AvgIpc) is 2.30. The zero-order chi connectivity index (χ0) is 13.1. The molecule has 1 aromatic rings. The van der Waals surface area contributed by atoms with Crippen LogP contribution in [0.25, 0.3) is 0 Å². The lowest BCUT2D eigenvalue weighted by molar-refractivity contribution is -0.118. The molecule has 1 fully saturated rings. The number of ketones is 1. The van der Waals surface area contributed by atoms with E-state index in [-0.39, 0.29) is 11.6 Å². The highest BCUT2D eigenvalue weighted by Crippen LogP contribution is 2.27. The molecule has 0 unspecified atom stereocenters. The van der Waals surface area contributed by atoms with Crippen molar-refractivity contribution in [3.8, 4) is 0 Å². The molecule has 0 radical (unpaired) electrons. The minimum atomic E-state index is -0.139. The van der Waals surface area contributed by atoms with Gasteiger partial charge in [-0.05, 0) is 50.3 Å². The molecular weight excluding hydrogens is 229 g/mol. The van der Waals surface area contributed by atoms with Crippen molar-refractivity contribution in [1.29, 1.82) is 0 Å². The summed E-state index contributed by atoms with van der Waals surface area (Å²) in [6, 6.07) is 5.38. The van der Waals surface area contributed by atoms with Crippen LogP contribution in [0, 0.1) is 18.7 Å². The molecule has 0 N–H and O–H groups in total. The summed E-state index contributed by atoms with van der Waals surface area (Å²) in [6.45, 7) is 5.23. The maximum absolute atomic E-state index is 13.8. The fourth-order valence-electron chi connectivity index (χ4n) is 2.65. The second-order valence-corrected chi connectivity index (χ2v) is 5.29. The van der Waals surface area contributed by atoms with Crippen molar-refractivity contribution in [3.63, 3.8) is 0 Å². The molecule has 18 heavy (non-hydrogen) atoms. The highest BCUT2D eigenvalue weighted by Gasteiger charge is 2.21. The van der Waals surface area contributed by atoms with Gasteiger partial charge in [-0.3, -0.25) is 0 Å².